The second-order valence-corrected chi connectivity index (χ2v) is 11.5. The SMILES string of the molecule is Cn1cc(-c2ccncc2)c(-c2ccc(C#C[Si](C)(C)C)cn2)n1. The Kier molecular flexibility index (Phi) is 4.32. The molecule has 0 fully saturated rings. The van der Waals surface area contributed by atoms with Crippen molar-refractivity contribution in [2.75, 3.05) is 0 Å². The van der Waals surface area contributed by atoms with Crippen molar-refractivity contribution in [1.29, 1.82) is 0 Å². The van der Waals surface area contributed by atoms with Crippen LogP contribution in [0, 0.1) is 11.5 Å². The van der Waals surface area contributed by atoms with Crippen molar-refractivity contribution >= 4 is 8.07 Å². The average molecular weight is 332 g/mol. The zero-order valence-corrected chi connectivity index (χ0v) is 15.4. The standard InChI is InChI=1S/C19H20N4Si/c1-23-14-17(16-7-10-20-11-8-16)19(22-23)18-6-5-15(13-21-18)9-12-24(2,3)4/h5-8,10-11,13-14H,1-4H3. The molecule has 0 aliphatic heterocycles. The van der Waals surface area contributed by atoms with E-state index in [0.29, 0.717) is 0 Å². The quantitative estimate of drug-likeness (QED) is 0.530. The van der Waals surface area contributed by atoms with Crippen LogP contribution in [0.1, 0.15) is 5.56 Å². The van der Waals surface area contributed by atoms with Crippen molar-refractivity contribution in [3.05, 3.63) is 54.6 Å². The molecule has 0 saturated carbocycles. The predicted molar refractivity (Wildman–Crippen MR) is 99.9 cm³/mol. The van der Waals surface area contributed by atoms with E-state index >= 15 is 0 Å². The molecule has 0 saturated heterocycles. The van der Waals surface area contributed by atoms with E-state index in [9.17, 15) is 0 Å². The highest BCUT2D eigenvalue weighted by Gasteiger charge is 2.13. The molecule has 3 rings (SSSR count). The fourth-order valence-electron chi connectivity index (χ4n) is 2.29. The number of hydrogen-bond donors (Lipinski definition) is 0. The van der Waals surface area contributed by atoms with Crippen LogP contribution in [0.4, 0.5) is 0 Å². The van der Waals surface area contributed by atoms with Gasteiger partial charge in [0.1, 0.15) is 13.8 Å². The van der Waals surface area contributed by atoms with E-state index in [2.05, 4.69) is 46.2 Å². The molecule has 0 aliphatic carbocycles. The minimum Gasteiger partial charge on any atom is -0.274 e. The molecular weight excluding hydrogens is 312 g/mol. The summed E-state index contributed by atoms with van der Waals surface area (Å²) < 4.78 is 1.81. The van der Waals surface area contributed by atoms with Crippen molar-refractivity contribution in [3.63, 3.8) is 0 Å². The van der Waals surface area contributed by atoms with Crippen LogP contribution >= 0.6 is 0 Å². The molecule has 0 atom stereocenters. The minimum absolute atomic E-state index is 0.848. The molecule has 5 heteroatoms. The molecular formula is C19H20N4Si. The van der Waals surface area contributed by atoms with Crippen LogP contribution < -0.4 is 0 Å². The lowest BCUT2D eigenvalue weighted by molar-refractivity contribution is 0.770. The maximum atomic E-state index is 4.58. The summed E-state index contributed by atoms with van der Waals surface area (Å²) in [5.74, 6) is 3.23. The first-order chi connectivity index (χ1) is 11.4. The zero-order chi connectivity index (χ0) is 17.2. The summed E-state index contributed by atoms with van der Waals surface area (Å²) >= 11 is 0. The van der Waals surface area contributed by atoms with Crippen LogP contribution in [0.5, 0.6) is 0 Å². The summed E-state index contributed by atoms with van der Waals surface area (Å²) in [7, 11) is 0.541. The van der Waals surface area contributed by atoms with Crippen molar-refractivity contribution < 1.29 is 0 Å². The summed E-state index contributed by atoms with van der Waals surface area (Å²) in [4.78, 5) is 8.65. The van der Waals surface area contributed by atoms with Crippen molar-refractivity contribution in [2.45, 2.75) is 19.6 Å². The fraction of sp³-hybridized carbons (Fsp3) is 0.211. The Morgan fingerprint density at radius 2 is 1.79 bits per heavy atom. The number of pyridine rings is 2. The predicted octanol–water partition coefficient (Wildman–Crippen LogP) is 3.77. The summed E-state index contributed by atoms with van der Waals surface area (Å²) in [6.45, 7) is 6.70. The molecule has 3 aromatic rings. The van der Waals surface area contributed by atoms with Crippen molar-refractivity contribution in [1.82, 2.24) is 19.7 Å². The molecule has 0 N–H and O–H groups in total. The normalized spacial score (nSPS) is 11.0. The molecule has 24 heavy (non-hydrogen) atoms. The van der Waals surface area contributed by atoms with Crippen molar-refractivity contribution in [2.24, 2.45) is 7.05 Å². The number of rotatable bonds is 2. The number of nitrogens with zero attached hydrogens (tertiary/aromatic N) is 4. The fourth-order valence-corrected chi connectivity index (χ4v) is 2.81. The Balaban J connectivity index is 1.97. The van der Waals surface area contributed by atoms with Gasteiger partial charge in [-0.25, -0.2) is 0 Å². The molecule has 3 aromatic heterocycles. The van der Waals surface area contributed by atoms with Gasteiger partial charge in [0.15, 0.2) is 0 Å². The van der Waals surface area contributed by atoms with Gasteiger partial charge in [-0.3, -0.25) is 14.6 Å². The van der Waals surface area contributed by atoms with E-state index in [4.69, 9.17) is 0 Å². The summed E-state index contributed by atoms with van der Waals surface area (Å²) in [6.07, 6.45) is 7.40. The van der Waals surface area contributed by atoms with Gasteiger partial charge >= 0.3 is 0 Å². The van der Waals surface area contributed by atoms with Gasteiger partial charge < -0.3 is 0 Å². The Morgan fingerprint density at radius 3 is 2.42 bits per heavy atom. The second kappa shape index (κ2) is 6.42. The summed E-state index contributed by atoms with van der Waals surface area (Å²) in [6, 6.07) is 7.96. The van der Waals surface area contributed by atoms with Gasteiger partial charge in [0.05, 0.1) is 5.69 Å². The van der Waals surface area contributed by atoms with Gasteiger partial charge in [0.2, 0.25) is 0 Å². The van der Waals surface area contributed by atoms with Crippen LogP contribution in [0.3, 0.4) is 0 Å². The van der Waals surface area contributed by atoms with Gasteiger partial charge in [-0.05, 0) is 29.8 Å². The maximum Gasteiger partial charge on any atom is 0.129 e. The maximum absolute atomic E-state index is 4.58. The van der Waals surface area contributed by atoms with E-state index in [1.807, 2.05) is 48.4 Å². The average Bonchev–Trinajstić information content (AvgIpc) is 2.95. The first-order valence-corrected chi connectivity index (χ1v) is 11.4. The Hall–Kier alpha value is -2.71. The Morgan fingerprint density at radius 1 is 1.04 bits per heavy atom. The number of aryl methyl sites for hydroxylation is 1. The summed E-state index contributed by atoms with van der Waals surface area (Å²) in [5, 5.41) is 4.58. The highest BCUT2D eigenvalue weighted by atomic mass is 28.3. The summed E-state index contributed by atoms with van der Waals surface area (Å²) in [5.41, 5.74) is 8.16. The topological polar surface area (TPSA) is 43.6 Å². The van der Waals surface area contributed by atoms with Gasteiger partial charge in [-0.2, -0.15) is 5.10 Å². The van der Waals surface area contributed by atoms with E-state index in [1.54, 1.807) is 12.4 Å². The Bertz CT molecular complexity index is 895. The van der Waals surface area contributed by atoms with Crippen LogP contribution in [0.25, 0.3) is 22.5 Å². The molecule has 0 bridgehead atoms. The molecule has 0 unspecified atom stereocenters. The monoisotopic (exact) mass is 332 g/mol. The lowest BCUT2D eigenvalue weighted by Gasteiger charge is -2.04. The molecule has 4 nitrogen and oxygen atoms in total. The second-order valence-electron chi connectivity index (χ2n) is 6.73. The molecule has 0 amide bonds. The first-order valence-electron chi connectivity index (χ1n) is 7.86. The largest absolute Gasteiger partial charge is 0.274 e. The van der Waals surface area contributed by atoms with E-state index < -0.39 is 8.07 Å². The van der Waals surface area contributed by atoms with Gasteiger partial charge in [0.25, 0.3) is 0 Å². The molecule has 0 radical (unpaired) electrons. The Labute approximate surface area is 143 Å². The first kappa shape index (κ1) is 16.2. The molecule has 3 heterocycles. The van der Waals surface area contributed by atoms with Crippen LogP contribution in [-0.4, -0.2) is 27.8 Å². The van der Waals surface area contributed by atoms with Gasteiger partial charge in [-0.1, -0.05) is 25.6 Å². The van der Waals surface area contributed by atoms with E-state index in [1.165, 1.54) is 0 Å². The van der Waals surface area contributed by atoms with Crippen molar-refractivity contribution in [3.8, 4) is 34.0 Å². The third-order valence-corrected chi connectivity index (χ3v) is 4.28. The van der Waals surface area contributed by atoms with Crippen LogP contribution in [-0.2, 0) is 7.05 Å². The third kappa shape index (κ3) is 3.78. The van der Waals surface area contributed by atoms with Gasteiger partial charge in [-0.15, -0.1) is 5.54 Å². The molecule has 0 spiro atoms. The highest BCUT2D eigenvalue weighted by molar-refractivity contribution is 6.83. The molecule has 120 valence electrons. The third-order valence-electron chi connectivity index (χ3n) is 3.41. The smallest absolute Gasteiger partial charge is 0.129 e. The number of aromatic nitrogens is 4. The van der Waals surface area contributed by atoms with E-state index in [0.717, 1.165) is 28.1 Å². The lowest BCUT2D eigenvalue weighted by Crippen LogP contribution is -2.16. The van der Waals surface area contributed by atoms with Crippen LogP contribution in [0.15, 0.2) is 49.1 Å². The molecule has 0 aromatic carbocycles. The number of hydrogen-bond acceptors (Lipinski definition) is 3. The lowest BCUT2D eigenvalue weighted by atomic mass is 10.1. The zero-order valence-electron chi connectivity index (χ0n) is 14.4. The van der Waals surface area contributed by atoms with Crippen LogP contribution in [0.2, 0.25) is 19.6 Å². The van der Waals surface area contributed by atoms with Gasteiger partial charge in [0, 0.05) is 43.0 Å². The highest BCUT2D eigenvalue weighted by Crippen LogP contribution is 2.29. The van der Waals surface area contributed by atoms with E-state index in [-0.39, 0.29) is 0 Å². The molecule has 0 aliphatic rings. The minimum atomic E-state index is -1.38.